The molecule has 2 aromatic heterocycles. The molecule has 1 saturated heterocycles. The summed E-state index contributed by atoms with van der Waals surface area (Å²) in [6, 6.07) is 9.22. The fourth-order valence-electron chi connectivity index (χ4n) is 2.82. The minimum absolute atomic E-state index is 0.126. The molecule has 0 bridgehead atoms. The minimum Gasteiger partial charge on any atom is -0.463 e. The summed E-state index contributed by atoms with van der Waals surface area (Å²) in [5.41, 5.74) is 0.844. The monoisotopic (exact) mass is 386 g/mol. The number of nitrogens with zero attached hydrogens (tertiary/aromatic N) is 3. The van der Waals surface area contributed by atoms with Gasteiger partial charge in [0, 0.05) is 18.5 Å². The highest BCUT2D eigenvalue weighted by atomic mass is 32.1. The number of urea groups is 1. The number of amides is 3. The number of carbonyl (C=O) groups excluding carboxylic acids is 2. The number of aromatic nitrogens is 1. The third-order valence-electron chi connectivity index (χ3n) is 4.10. The second kappa shape index (κ2) is 7.20. The number of halogens is 1. The molecule has 1 fully saturated rings. The predicted molar refractivity (Wildman–Crippen MR) is 99.2 cm³/mol. The average molecular weight is 386 g/mol. The summed E-state index contributed by atoms with van der Waals surface area (Å²) in [7, 11) is 0. The van der Waals surface area contributed by atoms with Gasteiger partial charge in [0.2, 0.25) is 5.91 Å². The van der Waals surface area contributed by atoms with Crippen molar-refractivity contribution in [3.63, 3.8) is 0 Å². The molecule has 1 N–H and O–H groups in total. The lowest BCUT2D eigenvalue weighted by atomic mass is 10.3. The summed E-state index contributed by atoms with van der Waals surface area (Å²) < 4.78 is 19.2. The van der Waals surface area contributed by atoms with Crippen LogP contribution in [-0.2, 0) is 4.79 Å². The van der Waals surface area contributed by atoms with E-state index in [0.29, 0.717) is 29.7 Å². The van der Waals surface area contributed by atoms with Crippen LogP contribution in [0.3, 0.4) is 0 Å². The van der Waals surface area contributed by atoms with Crippen LogP contribution in [0, 0.1) is 5.82 Å². The van der Waals surface area contributed by atoms with Gasteiger partial charge in [-0.3, -0.25) is 9.69 Å². The number of benzene rings is 1. The molecule has 3 aromatic rings. The Labute approximate surface area is 158 Å². The second-order valence-corrected chi connectivity index (χ2v) is 6.73. The number of nitrogens with one attached hydrogen (secondary N) is 1. The van der Waals surface area contributed by atoms with E-state index in [-0.39, 0.29) is 18.1 Å². The first-order valence-corrected chi connectivity index (χ1v) is 9.10. The first-order valence-electron chi connectivity index (χ1n) is 8.22. The molecule has 0 spiro atoms. The first kappa shape index (κ1) is 17.2. The zero-order chi connectivity index (χ0) is 18.8. The van der Waals surface area contributed by atoms with Crippen LogP contribution < -0.4 is 10.2 Å². The number of anilines is 2. The molecule has 0 radical (unpaired) electrons. The first-order chi connectivity index (χ1) is 13.1. The Morgan fingerprint density at radius 2 is 2.11 bits per heavy atom. The van der Waals surface area contributed by atoms with E-state index < -0.39 is 11.8 Å². The van der Waals surface area contributed by atoms with E-state index in [2.05, 4.69) is 10.3 Å². The van der Waals surface area contributed by atoms with Crippen LogP contribution in [0.25, 0.3) is 11.5 Å². The molecule has 0 aliphatic carbocycles. The third kappa shape index (κ3) is 3.54. The van der Waals surface area contributed by atoms with Gasteiger partial charge in [-0.15, -0.1) is 11.3 Å². The lowest BCUT2D eigenvalue weighted by Crippen LogP contribution is -2.37. The Kier molecular flexibility index (Phi) is 4.59. The molecule has 0 unspecified atom stereocenters. The van der Waals surface area contributed by atoms with Gasteiger partial charge in [0.25, 0.3) is 0 Å². The molecule has 9 heteroatoms. The van der Waals surface area contributed by atoms with Gasteiger partial charge in [0.1, 0.15) is 18.1 Å². The molecule has 3 heterocycles. The Bertz CT molecular complexity index is 973. The van der Waals surface area contributed by atoms with Crippen molar-refractivity contribution in [1.82, 2.24) is 9.88 Å². The molecular formula is C18H15FN4O3S. The van der Waals surface area contributed by atoms with Crippen molar-refractivity contribution < 1.29 is 18.4 Å². The van der Waals surface area contributed by atoms with E-state index in [9.17, 15) is 14.0 Å². The zero-order valence-electron chi connectivity index (χ0n) is 14.1. The lowest BCUT2D eigenvalue weighted by molar-refractivity contribution is -0.116. The van der Waals surface area contributed by atoms with Crippen molar-refractivity contribution in [3.05, 3.63) is 53.9 Å². The largest absolute Gasteiger partial charge is 0.463 e. The van der Waals surface area contributed by atoms with Crippen molar-refractivity contribution in [2.45, 2.75) is 0 Å². The van der Waals surface area contributed by atoms with Crippen LogP contribution in [0.1, 0.15) is 0 Å². The smallest absolute Gasteiger partial charge is 0.325 e. The topological polar surface area (TPSA) is 78.7 Å². The van der Waals surface area contributed by atoms with Crippen LogP contribution >= 0.6 is 11.3 Å². The van der Waals surface area contributed by atoms with Gasteiger partial charge in [-0.1, -0.05) is 12.1 Å². The normalized spacial score (nSPS) is 14.0. The van der Waals surface area contributed by atoms with Crippen molar-refractivity contribution in [3.8, 4) is 11.5 Å². The second-order valence-electron chi connectivity index (χ2n) is 5.87. The molecule has 27 heavy (non-hydrogen) atoms. The van der Waals surface area contributed by atoms with E-state index in [1.807, 2.05) is 0 Å². The van der Waals surface area contributed by atoms with Crippen LogP contribution in [0.4, 0.5) is 20.0 Å². The maximum atomic E-state index is 13.9. The number of rotatable bonds is 5. The quantitative estimate of drug-likeness (QED) is 0.729. The van der Waals surface area contributed by atoms with E-state index in [0.717, 1.165) is 0 Å². The van der Waals surface area contributed by atoms with Crippen LogP contribution in [0.2, 0.25) is 0 Å². The molecule has 4 rings (SSSR count). The summed E-state index contributed by atoms with van der Waals surface area (Å²) in [5, 5.41) is 4.87. The number of carbonyl (C=O) groups is 2. The van der Waals surface area contributed by atoms with Crippen molar-refractivity contribution in [2.24, 2.45) is 0 Å². The zero-order valence-corrected chi connectivity index (χ0v) is 14.9. The average Bonchev–Trinajstić information content (AvgIpc) is 3.38. The molecule has 7 nitrogen and oxygen atoms in total. The molecule has 0 atom stereocenters. The maximum absolute atomic E-state index is 13.9. The van der Waals surface area contributed by atoms with Crippen LogP contribution in [0.15, 0.2) is 52.5 Å². The van der Waals surface area contributed by atoms with Gasteiger partial charge in [-0.2, -0.15) is 0 Å². The predicted octanol–water partition coefficient (Wildman–Crippen LogP) is 3.42. The highest BCUT2D eigenvalue weighted by molar-refractivity contribution is 7.14. The summed E-state index contributed by atoms with van der Waals surface area (Å²) in [5.74, 6) is -0.216. The highest BCUT2D eigenvalue weighted by Crippen LogP contribution is 2.26. The van der Waals surface area contributed by atoms with Crippen molar-refractivity contribution in [2.75, 3.05) is 29.9 Å². The fraction of sp³-hybridized carbons (Fsp3) is 0.167. The molecule has 0 saturated carbocycles. The minimum atomic E-state index is -0.467. The molecular weight excluding hydrogens is 371 g/mol. The van der Waals surface area contributed by atoms with Crippen LogP contribution in [0.5, 0.6) is 0 Å². The number of hydrogen-bond acceptors (Lipinski definition) is 5. The van der Waals surface area contributed by atoms with E-state index in [4.69, 9.17) is 4.42 Å². The van der Waals surface area contributed by atoms with Gasteiger partial charge < -0.3 is 14.6 Å². The highest BCUT2D eigenvalue weighted by Gasteiger charge is 2.32. The number of hydrogen-bond donors (Lipinski definition) is 1. The van der Waals surface area contributed by atoms with Crippen molar-refractivity contribution >= 4 is 34.1 Å². The SMILES string of the molecule is O=C(CN1CCN(c2ccccc2F)C1=O)Nc1nc(-c2ccco2)cs1. The Balaban J connectivity index is 1.38. The Morgan fingerprint density at radius 3 is 2.89 bits per heavy atom. The van der Waals surface area contributed by atoms with Gasteiger partial charge >= 0.3 is 6.03 Å². The number of para-hydroxylation sites is 1. The number of thiazole rings is 1. The molecule has 1 aliphatic rings. The summed E-state index contributed by atoms with van der Waals surface area (Å²) in [6.45, 7) is 0.544. The molecule has 1 aromatic carbocycles. The lowest BCUT2D eigenvalue weighted by Gasteiger charge is -2.18. The molecule has 138 valence electrons. The van der Waals surface area contributed by atoms with Gasteiger partial charge in [0.05, 0.1) is 12.0 Å². The van der Waals surface area contributed by atoms with E-state index in [1.54, 1.807) is 42.0 Å². The van der Waals surface area contributed by atoms with Gasteiger partial charge in [-0.25, -0.2) is 14.2 Å². The molecule has 1 aliphatic heterocycles. The Morgan fingerprint density at radius 1 is 1.26 bits per heavy atom. The molecule has 3 amide bonds. The summed E-state index contributed by atoms with van der Waals surface area (Å²) in [4.78, 5) is 31.8. The summed E-state index contributed by atoms with van der Waals surface area (Å²) >= 11 is 1.27. The summed E-state index contributed by atoms with van der Waals surface area (Å²) in [6.07, 6.45) is 1.55. The third-order valence-corrected chi connectivity index (χ3v) is 4.85. The van der Waals surface area contributed by atoms with Gasteiger partial charge in [-0.05, 0) is 24.3 Å². The Hall–Kier alpha value is -3.20. The van der Waals surface area contributed by atoms with Crippen LogP contribution in [-0.4, -0.2) is 41.5 Å². The van der Waals surface area contributed by atoms with E-state index >= 15 is 0 Å². The number of furan rings is 1. The standard InChI is InChI=1S/C18H15FN4O3S/c19-12-4-1-2-5-14(12)23-8-7-22(18(23)25)10-16(24)21-17-20-13(11-27-17)15-6-3-9-26-15/h1-6,9,11H,7-8,10H2,(H,20,21,24). The fourth-order valence-corrected chi connectivity index (χ4v) is 3.54. The maximum Gasteiger partial charge on any atom is 0.325 e. The van der Waals surface area contributed by atoms with Gasteiger partial charge in [0.15, 0.2) is 10.9 Å². The van der Waals surface area contributed by atoms with Crippen molar-refractivity contribution in [1.29, 1.82) is 0 Å². The van der Waals surface area contributed by atoms with E-state index in [1.165, 1.54) is 27.2 Å².